The molecule has 160 valence electrons. The van der Waals surface area contributed by atoms with Crippen molar-refractivity contribution in [3.8, 4) is 5.75 Å². The molecule has 9 heteroatoms. The van der Waals surface area contributed by atoms with E-state index in [-0.39, 0.29) is 18.7 Å². The zero-order valence-electron chi connectivity index (χ0n) is 17.2. The second-order valence-electron chi connectivity index (χ2n) is 7.96. The Morgan fingerprint density at radius 2 is 1.93 bits per heavy atom. The number of aromatic nitrogens is 4. The number of anilines is 1. The van der Waals surface area contributed by atoms with Crippen LogP contribution in [0.2, 0.25) is 0 Å². The van der Waals surface area contributed by atoms with Gasteiger partial charge in [0.15, 0.2) is 11.2 Å². The van der Waals surface area contributed by atoms with E-state index in [4.69, 9.17) is 4.74 Å². The highest BCUT2D eigenvalue weighted by molar-refractivity contribution is 5.74. The van der Waals surface area contributed by atoms with Crippen molar-refractivity contribution in [2.45, 2.75) is 32.4 Å². The molecule has 1 saturated heterocycles. The number of nitrogens with zero attached hydrogens (tertiary/aromatic N) is 4. The van der Waals surface area contributed by atoms with Gasteiger partial charge in [-0.1, -0.05) is 25.1 Å². The van der Waals surface area contributed by atoms with E-state index < -0.39 is 17.4 Å². The van der Waals surface area contributed by atoms with E-state index in [1.54, 1.807) is 11.6 Å². The summed E-state index contributed by atoms with van der Waals surface area (Å²) in [6.07, 6.45) is 1.19. The number of fused-ring (bicyclic) bond motifs is 1. The molecular formula is C21H27N5O4. The molecule has 0 aliphatic carbocycles. The SMILES string of the molecule is CC1CCN(c2nc3c(c(=O)[nH]c(=O)n3C)n2C[C@H](O)COc2ccccc2)CC1. The molecule has 9 nitrogen and oxygen atoms in total. The minimum Gasteiger partial charge on any atom is -0.491 e. The molecule has 0 amide bonds. The van der Waals surface area contributed by atoms with E-state index in [9.17, 15) is 14.7 Å². The zero-order valence-corrected chi connectivity index (χ0v) is 17.2. The van der Waals surface area contributed by atoms with E-state index >= 15 is 0 Å². The van der Waals surface area contributed by atoms with E-state index in [0.717, 1.165) is 25.9 Å². The van der Waals surface area contributed by atoms with Gasteiger partial charge < -0.3 is 19.3 Å². The largest absolute Gasteiger partial charge is 0.491 e. The molecule has 1 fully saturated rings. The van der Waals surface area contributed by atoms with Crippen LogP contribution in [-0.2, 0) is 13.6 Å². The molecule has 30 heavy (non-hydrogen) atoms. The molecule has 3 heterocycles. The number of aliphatic hydroxyl groups is 1. The summed E-state index contributed by atoms with van der Waals surface area (Å²) in [5.74, 6) is 1.90. The van der Waals surface area contributed by atoms with Crippen molar-refractivity contribution < 1.29 is 9.84 Å². The van der Waals surface area contributed by atoms with E-state index in [0.29, 0.717) is 23.3 Å². The molecule has 0 bridgehead atoms. The molecule has 1 aliphatic rings. The molecule has 0 unspecified atom stereocenters. The smallest absolute Gasteiger partial charge is 0.329 e. The van der Waals surface area contributed by atoms with Gasteiger partial charge in [-0.2, -0.15) is 4.98 Å². The van der Waals surface area contributed by atoms with Crippen LogP contribution < -0.4 is 20.9 Å². The van der Waals surface area contributed by atoms with Crippen LogP contribution in [0.3, 0.4) is 0 Å². The Balaban J connectivity index is 1.67. The third-order valence-electron chi connectivity index (χ3n) is 5.63. The summed E-state index contributed by atoms with van der Waals surface area (Å²) in [6.45, 7) is 4.05. The lowest BCUT2D eigenvalue weighted by Gasteiger charge is -2.31. The van der Waals surface area contributed by atoms with Gasteiger partial charge in [-0.05, 0) is 30.9 Å². The second-order valence-corrected chi connectivity index (χ2v) is 7.96. The average Bonchev–Trinajstić information content (AvgIpc) is 3.12. The number of aliphatic hydroxyl groups excluding tert-OH is 1. The van der Waals surface area contributed by atoms with Gasteiger partial charge >= 0.3 is 5.69 Å². The standard InChI is InChI=1S/C21H27N5O4/c1-14-8-10-25(11-9-14)20-22-18-17(19(28)23-21(29)24(18)2)26(20)12-15(27)13-30-16-6-4-3-5-7-16/h3-7,14-15,27H,8-13H2,1-2H3,(H,23,28,29)/t15-/m0/s1. The monoisotopic (exact) mass is 413 g/mol. The Hall–Kier alpha value is -3.07. The van der Waals surface area contributed by atoms with Gasteiger partial charge in [0.1, 0.15) is 18.5 Å². The average molecular weight is 413 g/mol. The maximum Gasteiger partial charge on any atom is 0.329 e. The number of hydrogen-bond acceptors (Lipinski definition) is 6. The van der Waals surface area contributed by atoms with Crippen LogP contribution in [0.4, 0.5) is 5.95 Å². The third-order valence-corrected chi connectivity index (χ3v) is 5.63. The van der Waals surface area contributed by atoms with Crippen molar-refractivity contribution >= 4 is 17.1 Å². The Kier molecular flexibility index (Phi) is 5.63. The fourth-order valence-corrected chi connectivity index (χ4v) is 3.82. The fraction of sp³-hybridized carbons (Fsp3) is 0.476. The molecule has 1 aliphatic heterocycles. The topological polar surface area (TPSA) is 105 Å². The number of H-pyrrole nitrogens is 1. The van der Waals surface area contributed by atoms with Gasteiger partial charge in [-0.25, -0.2) is 4.79 Å². The van der Waals surface area contributed by atoms with Crippen LogP contribution in [0.25, 0.3) is 11.2 Å². The Labute approximate surface area is 173 Å². The number of ether oxygens (including phenoxy) is 1. The predicted molar refractivity (Wildman–Crippen MR) is 114 cm³/mol. The Morgan fingerprint density at radius 3 is 2.63 bits per heavy atom. The molecular weight excluding hydrogens is 386 g/mol. The van der Waals surface area contributed by atoms with Crippen LogP contribution in [0, 0.1) is 5.92 Å². The molecule has 0 spiro atoms. The number of hydrogen-bond donors (Lipinski definition) is 2. The second kappa shape index (κ2) is 8.35. The molecule has 1 aromatic carbocycles. The van der Waals surface area contributed by atoms with Crippen LogP contribution in [-0.4, -0.2) is 50.0 Å². The number of aryl methyl sites for hydroxylation is 1. The van der Waals surface area contributed by atoms with Crippen LogP contribution >= 0.6 is 0 Å². The normalized spacial score (nSPS) is 16.2. The summed E-state index contributed by atoms with van der Waals surface area (Å²) in [5.41, 5.74) is -0.421. The number of aromatic amines is 1. The maximum atomic E-state index is 12.6. The minimum absolute atomic E-state index is 0.0732. The molecule has 2 aromatic heterocycles. The van der Waals surface area contributed by atoms with E-state index in [1.807, 2.05) is 30.3 Å². The van der Waals surface area contributed by atoms with Crippen molar-refractivity contribution in [1.29, 1.82) is 0 Å². The van der Waals surface area contributed by atoms with Crippen LogP contribution in [0.15, 0.2) is 39.9 Å². The first-order valence-corrected chi connectivity index (χ1v) is 10.2. The number of rotatable bonds is 6. The van der Waals surface area contributed by atoms with Crippen LogP contribution in [0.5, 0.6) is 5.75 Å². The van der Waals surface area contributed by atoms with E-state index in [2.05, 4.69) is 21.8 Å². The lowest BCUT2D eigenvalue weighted by Crippen LogP contribution is -2.36. The maximum absolute atomic E-state index is 12.6. The van der Waals surface area contributed by atoms with Crippen molar-refractivity contribution in [1.82, 2.24) is 19.1 Å². The van der Waals surface area contributed by atoms with Crippen molar-refractivity contribution in [2.24, 2.45) is 13.0 Å². The quantitative estimate of drug-likeness (QED) is 0.627. The Bertz CT molecular complexity index is 1130. The summed E-state index contributed by atoms with van der Waals surface area (Å²) in [4.78, 5) is 33.8. The van der Waals surface area contributed by atoms with Gasteiger partial charge in [0.05, 0.1) is 6.54 Å². The summed E-state index contributed by atoms with van der Waals surface area (Å²) in [6, 6.07) is 9.25. The van der Waals surface area contributed by atoms with Crippen molar-refractivity contribution in [3.05, 3.63) is 51.2 Å². The highest BCUT2D eigenvalue weighted by Crippen LogP contribution is 2.25. The molecule has 0 saturated carbocycles. The number of benzene rings is 1. The number of imidazole rings is 1. The van der Waals surface area contributed by atoms with Gasteiger partial charge in [-0.15, -0.1) is 0 Å². The minimum atomic E-state index is -0.860. The molecule has 2 N–H and O–H groups in total. The third kappa shape index (κ3) is 3.97. The summed E-state index contributed by atoms with van der Waals surface area (Å²) in [5, 5.41) is 10.6. The molecule has 0 radical (unpaired) electrons. The summed E-state index contributed by atoms with van der Waals surface area (Å²) >= 11 is 0. The first kappa shape index (κ1) is 20.2. The van der Waals surface area contributed by atoms with Crippen LogP contribution in [0.1, 0.15) is 19.8 Å². The van der Waals surface area contributed by atoms with Gasteiger partial charge in [0.25, 0.3) is 5.56 Å². The lowest BCUT2D eigenvalue weighted by molar-refractivity contribution is 0.0936. The molecule has 3 aromatic rings. The summed E-state index contributed by atoms with van der Waals surface area (Å²) < 4.78 is 8.70. The highest BCUT2D eigenvalue weighted by atomic mass is 16.5. The predicted octanol–water partition coefficient (Wildman–Crippen LogP) is 1.10. The van der Waals surface area contributed by atoms with Crippen molar-refractivity contribution in [3.63, 3.8) is 0 Å². The first-order chi connectivity index (χ1) is 14.4. The van der Waals surface area contributed by atoms with E-state index in [1.165, 1.54) is 4.57 Å². The molecule has 4 rings (SSSR count). The zero-order chi connectivity index (χ0) is 21.3. The summed E-state index contributed by atoms with van der Waals surface area (Å²) in [7, 11) is 1.58. The number of piperidine rings is 1. The Morgan fingerprint density at radius 1 is 1.23 bits per heavy atom. The van der Waals surface area contributed by atoms with Crippen molar-refractivity contribution in [2.75, 3.05) is 24.6 Å². The van der Waals surface area contributed by atoms with Gasteiger partial charge in [0.2, 0.25) is 5.95 Å². The fourth-order valence-electron chi connectivity index (χ4n) is 3.82. The van der Waals surface area contributed by atoms with Gasteiger partial charge in [-0.3, -0.25) is 14.3 Å². The first-order valence-electron chi connectivity index (χ1n) is 10.2. The number of para-hydroxylation sites is 1. The number of nitrogens with one attached hydrogen (secondary N) is 1. The molecule has 1 atom stereocenters. The lowest BCUT2D eigenvalue weighted by atomic mass is 10.00. The highest BCUT2D eigenvalue weighted by Gasteiger charge is 2.25. The van der Waals surface area contributed by atoms with Gasteiger partial charge in [0, 0.05) is 20.1 Å².